The lowest BCUT2D eigenvalue weighted by atomic mass is 10.1. The molecule has 0 unspecified atom stereocenters. The van der Waals surface area contributed by atoms with Crippen LogP contribution in [0.3, 0.4) is 0 Å². The zero-order valence-electron chi connectivity index (χ0n) is 13.0. The van der Waals surface area contributed by atoms with Gasteiger partial charge in [-0.2, -0.15) is 0 Å². The summed E-state index contributed by atoms with van der Waals surface area (Å²) in [6.45, 7) is 1.60. The van der Waals surface area contributed by atoms with E-state index in [1.165, 1.54) is 0 Å². The Kier molecular flexibility index (Phi) is 4.66. The van der Waals surface area contributed by atoms with E-state index in [9.17, 15) is 4.79 Å². The largest absolute Gasteiger partial charge is 0.496 e. The molecule has 1 N–H and O–H groups in total. The summed E-state index contributed by atoms with van der Waals surface area (Å²) in [6, 6.07) is 12.8. The lowest BCUT2D eigenvalue weighted by Gasteiger charge is -2.14. The molecule has 23 heavy (non-hydrogen) atoms. The number of nitrogens with one attached hydrogen (secondary N) is 1. The third kappa shape index (κ3) is 3.56. The van der Waals surface area contributed by atoms with Gasteiger partial charge < -0.3 is 19.5 Å². The number of carbonyl (C=O) groups is 1. The van der Waals surface area contributed by atoms with Crippen molar-refractivity contribution in [1.29, 1.82) is 0 Å². The first-order chi connectivity index (χ1) is 11.3. The summed E-state index contributed by atoms with van der Waals surface area (Å²) in [6.07, 6.45) is 0.844. The van der Waals surface area contributed by atoms with Crippen LogP contribution >= 0.6 is 0 Å². The highest BCUT2D eigenvalue weighted by atomic mass is 16.5. The Labute approximate surface area is 135 Å². The fourth-order valence-corrected chi connectivity index (χ4v) is 2.43. The molecule has 1 aliphatic rings. The molecule has 3 rings (SSSR count). The molecule has 0 spiro atoms. The van der Waals surface area contributed by atoms with Crippen LogP contribution in [0.2, 0.25) is 0 Å². The third-order valence-corrected chi connectivity index (χ3v) is 3.63. The standard InChI is InChI=1S/C18H19NO4/c1-21-15-11-17-16(22-8-5-9-23-17)10-14(15)12-19-18(20)13-6-3-2-4-7-13/h2-4,6-7,10-11H,5,8-9,12H2,1H3,(H,19,20). The molecule has 1 amide bonds. The molecule has 0 fully saturated rings. The zero-order chi connectivity index (χ0) is 16.1. The summed E-state index contributed by atoms with van der Waals surface area (Å²) in [4.78, 5) is 12.2. The monoisotopic (exact) mass is 313 g/mol. The number of carbonyl (C=O) groups excluding carboxylic acids is 1. The number of methoxy groups -OCH3 is 1. The zero-order valence-corrected chi connectivity index (χ0v) is 13.0. The van der Waals surface area contributed by atoms with Gasteiger partial charge in [-0.1, -0.05) is 18.2 Å². The molecule has 1 heterocycles. The summed E-state index contributed by atoms with van der Waals surface area (Å²) in [5.74, 6) is 1.91. The van der Waals surface area contributed by atoms with Crippen molar-refractivity contribution >= 4 is 5.91 Å². The van der Waals surface area contributed by atoms with Crippen LogP contribution in [0, 0.1) is 0 Å². The van der Waals surface area contributed by atoms with Crippen LogP contribution < -0.4 is 19.5 Å². The molecule has 1 aliphatic heterocycles. The molecule has 5 heteroatoms. The Morgan fingerprint density at radius 1 is 1.13 bits per heavy atom. The predicted molar refractivity (Wildman–Crippen MR) is 86.2 cm³/mol. The van der Waals surface area contributed by atoms with Crippen molar-refractivity contribution in [2.75, 3.05) is 20.3 Å². The molecule has 5 nitrogen and oxygen atoms in total. The second-order valence-electron chi connectivity index (χ2n) is 5.21. The van der Waals surface area contributed by atoms with Gasteiger partial charge in [0.2, 0.25) is 0 Å². The fourth-order valence-electron chi connectivity index (χ4n) is 2.43. The highest BCUT2D eigenvalue weighted by Gasteiger charge is 2.16. The van der Waals surface area contributed by atoms with E-state index in [1.54, 1.807) is 19.2 Å². The highest BCUT2D eigenvalue weighted by Crippen LogP contribution is 2.36. The minimum absolute atomic E-state index is 0.125. The van der Waals surface area contributed by atoms with E-state index in [4.69, 9.17) is 14.2 Å². The van der Waals surface area contributed by atoms with Crippen molar-refractivity contribution in [2.24, 2.45) is 0 Å². The Morgan fingerprint density at radius 3 is 2.52 bits per heavy atom. The van der Waals surface area contributed by atoms with Crippen molar-refractivity contribution in [3.63, 3.8) is 0 Å². The second kappa shape index (κ2) is 7.05. The molecule has 0 saturated carbocycles. The SMILES string of the molecule is COc1cc2c(cc1CNC(=O)c1ccccc1)OCCCO2. The highest BCUT2D eigenvalue weighted by molar-refractivity contribution is 5.94. The first-order valence-electron chi connectivity index (χ1n) is 7.57. The van der Waals surface area contributed by atoms with E-state index in [-0.39, 0.29) is 5.91 Å². The molecule has 0 atom stereocenters. The van der Waals surface area contributed by atoms with Gasteiger partial charge >= 0.3 is 0 Å². The molecular formula is C18H19NO4. The summed E-state index contributed by atoms with van der Waals surface area (Å²) >= 11 is 0. The number of hydrogen-bond acceptors (Lipinski definition) is 4. The van der Waals surface area contributed by atoms with E-state index >= 15 is 0 Å². The first kappa shape index (κ1) is 15.2. The van der Waals surface area contributed by atoms with Gasteiger partial charge in [-0.05, 0) is 18.2 Å². The summed E-state index contributed by atoms with van der Waals surface area (Å²) in [5, 5.41) is 2.90. The normalized spacial score (nSPS) is 13.1. The maximum absolute atomic E-state index is 12.2. The van der Waals surface area contributed by atoms with Crippen LogP contribution in [-0.2, 0) is 6.54 Å². The summed E-state index contributed by atoms with van der Waals surface area (Å²) in [7, 11) is 1.60. The predicted octanol–water partition coefficient (Wildman–Crippen LogP) is 2.79. The number of benzene rings is 2. The van der Waals surface area contributed by atoms with E-state index in [0.717, 1.165) is 12.0 Å². The van der Waals surface area contributed by atoms with E-state index in [0.29, 0.717) is 42.6 Å². The van der Waals surface area contributed by atoms with Crippen LogP contribution in [0.25, 0.3) is 0 Å². The van der Waals surface area contributed by atoms with Crippen LogP contribution in [0.5, 0.6) is 17.2 Å². The lowest BCUT2D eigenvalue weighted by Crippen LogP contribution is -2.23. The molecule has 2 aromatic carbocycles. The van der Waals surface area contributed by atoms with Crippen LogP contribution in [0.15, 0.2) is 42.5 Å². The van der Waals surface area contributed by atoms with Gasteiger partial charge in [-0.15, -0.1) is 0 Å². The third-order valence-electron chi connectivity index (χ3n) is 3.63. The first-order valence-corrected chi connectivity index (χ1v) is 7.57. The van der Waals surface area contributed by atoms with Gasteiger partial charge in [0.25, 0.3) is 5.91 Å². The van der Waals surface area contributed by atoms with Gasteiger partial charge in [-0.3, -0.25) is 4.79 Å². The van der Waals surface area contributed by atoms with Crippen molar-refractivity contribution in [2.45, 2.75) is 13.0 Å². The Balaban J connectivity index is 1.76. The van der Waals surface area contributed by atoms with Gasteiger partial charge in [0.05, 0.1) is 20.3 Å². The van der Waals surface area contributed by atoms with Crippen LogP contribution in [0.1, 0.15) is 22.3 Å². The number of fused-ring (bicyclic) bond motifs is 1. The van der Waals surface area contributed by atoms with Gasteiger partial charge in [0, 0.05) is 30.2 Å². The lowest BCUT2D eigenvalue weighted by molar-refractivity contribution is 0.0950. The molecule has 0 aromatic heterocycles. The second-order valence-corrected chi connectivity index (χ2v) is 5.21. The van der Waals surface area contributed by atoms with Crippen molar-refractivity contribution in [3.8, 4) is 17.2 Å². The van der Waals surface area contributed by atoms with Crippen molar-refractivity contribution in [3.05, 3.63) is 53.6 Å². The molecule has 0 saturated heterocycles. The molecule has 0 bridgehead atoms. The van der Waals surface area contributed by atoms with E-state index in [1.807, 2.05) is 30.3 Å². The maximum atomic E-state index is 12.2. The minimum Gasteiger partial charge on any atom is -0.496 e. The Morgan fingerprint density at radius 2 is 1.83 bits per heavy atom. The fraction of sp³-hybridized carbons (Fsp3) is 0.278. The smallest absolute Gasteiger partial charge is 0.251 e. The van der Waals surface area contributed by atoms with Crippen molar-refractivity contribution < 1.29 is 19.0 Å². The molecule has 0 aliphatic carbocycles. The molecule has 0 radical (unpaired) electrons. The van der Waals surface area contributed by atoms with Crippen LogP contribution in [0.4, 0.5) is 0 Å². The summed E-state index contributed by atoms with van der Waals surface area (Å²) < 4.78 is 16.7. The quantitative estimate of drug-likeness (QED) is 0.943. The van der Waals surface area contributed by atoms with E-state index in [2.05, 4.69) is 5.32 Å². The molecule has 2 aromatic rings. The molecular weight excluding hydrogens is 294 g/mol. The van der Waals surface area contributed by atoms with Gasteiger partial charge in [-0.25, -0.2) is 0 Å². The number of amides is 1. The number of ether oxygens (including phenoxy) is 3. The average molecular weight is 313 g/mol. The van der Waals surface area contributed by atoms with Crippen LogP contribution in [-0.4, -0.2) is 26.2 Å². The van der Waals surface area contributed by atoms with Gasteiger partial charge in [0.15, 0.2) is 11.5 Å². The topological polar surface area (TPSA) is 56.8 Å². The number of hydrogen-bond donors (Lipinski definition) is 1. The average Bonchev–Trinajstić information content (AvgIpc) is 2.84. The van der Waals surface area contributed by atoms with E-state index < -0.39 is 0 Å². The molecule has 120 valence electrons. The summed E-state index contributed by atoms with van der Waals surface area (Å²) in [5.41, 5.74) is 1.47. The van der Waals surface area contributed by atoms with Crippen molar-refractivity contribution in [1.82, 2.24) is 5.32 Å². The Hall–Kier alpha value is -2.69. The minimum atomic E-state index is -0.125. The Bertz CT molecular complexity index is 685. The van der Waals surface area contributed by atoms with Gasteiger partial charge in [0.1, 0.15) is 5.75 Å². The number of rotatable bonds is 4. The maximum Gasteiger partial charge on any atom is 0.251 e.